The Morgan fingerprint density at radius 1 is 1.03 bits per heavy atom. The van der Waals surface area contributed by atoms with Crippen LogP contribution in [0.4, 0.5) is 5.82 Å². The van der Waals surface area contributed by atoms with Gasteiger partial charge in [0.1, 0.15) is 5.82 Å². The first-order valence-corrected chi connectivity index (χ1v) is 10.9. The number of nitrogens with one attached hydrogen (secondary N) is 1. The molecule has 9 nitrogen and oxygen atoms in total. The SMILES string of the molecule is CCOCCOCCOCCOCCN[C@H]1CCN(c2nc3ccnn3cc2C)C1. The molecule has 2 aromatic heterocycles. The van der Waals surface area contributed by atoms with Crippen LogP contribution < -0.4 is 10.2 Å². The highest BCUT2D eigenvalue weighted by atomic mass is 16.6. The van der Waals surface area contributed by atoms with Crippen LogP contribution in [0.2, 0.25) is 0 Å². The summed E-state index contributed by atoms with van der Waals surface area (Å²) in [6.07, 6.45) is 4.93. The summed E-state index contributed by atoms with van der Waals surface area (Å²) < 4.78 is 23.5. The van der Waals surface area contributed by atoms with Crippen molar-refractivity contribution in [2.45, 2.75) is 26.3 Å². The number of hydrogen-bond acceptors (Lipinski definition) is 8. The molecule has 0 amide bonds. The average Bonchev–Trinajstić information content (AvgIpc) is 3.39. The van der Waals surface area contributed by atoms with Crippen molar-refractivity contribution in [1.82, 2.24) is 19.9 Å². The Labute approximate surface area is 178 Å². The van der Waals surface area contributed by atoms with Crippen LogP contribution in [0, 0.1) is 6.92 Å². The largest absolute Gasteiger partial charge is 0.379 e. The maximum Gasteiger partial charge on any atom is 0.157 e. The minimum atomic E-state index is 0.459. The van der Waals surface area contributed by atoms with Gasteiger partial charge in [0.2, 0.25) is 0 Å². The zero-order valence-electron chi connectivity index (χ0n) is 18.2. The van der Waals surface area contributed by atoms with Gasteiger partial charge in [-0.15, -0.1) is 0 Å². The zero-order chi connectivity index (χ0) is 21.0. The van der Waals surface area contributed by atoms with Crippen LogP contribution in [0.3, 0.4) is 0 Å². The minimum Gasteiger partial charge on any atom is -0.379 e. The van der Waals surface area contributed by atoms with Crippen molar-refractivity contribution in [1.29, 1.82) is 0 Å². The third-order valence-electron chi connectivity index (χ3n) is 5.03. The van der Waals surface area contributed by atoms with Gasteiger partial charge in [-0.2, -0.15) is 5.10 Å². The van der Waals surface area contributed by atoms with Crippen LogP contribution in [-0.4, -0.2) is 93.1 Å². The van der Waals surface area contributed by atoms with Gasteiger partial charge in [0.25, 0.3) is 0 Å². The summed E-state index contributed by atoms with van der Waals surface area (Å²) in [6, 6.07) is 2.40. The van der Waals surface area contributed by atoms with Gasteiger partial charge < -0.3 is 29.2 Å². The lowest BCUT2D eigenvalue weighted by molar-refractivity contribution is -0.000216. The van der Waals surface area contributed by atoms with E-state index in [0.717, 1.165) is 49.7 Å². The van der Waals surface area contributed by atoms with Crippen LogP contribution in [0.15, 0.2) is 18.5 Å². The molecule has 0 aromatic carbocycles. The Kier molecular flexibility index (Phi) is 9.78. The number of aromatic nitrogens is 3. The molecular weight excluding hydrogens is 386 g/mol. The van der Waals surface area contributed by atoms with Crippen LogP contribution in [0.25, 0.3) is 5.65 Å². The molecule has 1 aliphatic rings. The summed E-state index contributed by atoms with van der Waals surface area (Å²) in [5, 5.41) is 7.84. The summed E-state index contributed by atoms with van der Waals surface area (Å²) in [7, 11) is 0. The number of rotatable bonds is 15. The fourth-order valence-electron chi connectivity index (χ4n) is 3.51. The van der Waals surface area contributed by atoms with Gasteiger partial charge in [-0.25, -0.2) is 9.50 Å². The van der Waals surface area contributed by atoms with Crippen LogP contribution in [0.5, 0.6) is 0 Å². The molecule has 1 aliphatic heterocycles. The van der Waals surface area contributed by atoms with Crippen LogP contribution >= 0.6 is 0 Å². The molecule has 168 valence electrons. The molecule has 0 bridgehead atoms. The van der Waals surface area contributed by atoms with Crippen molar-refractivity contribution in [3.63, 3.8) is 0 Å². The maximum absolute atomic E-state index is 5.64. The van der Waals surface area contributed by atoms with Crippen LogP contribution in [-0.2, 0) is 18.9 Å². The number of fused-ring (bicyclic) bond motifs is 1. The van der Waals surface area contributed by atoms with E-state index in [9.17, 15) is 0 Å². The Bertz CT molecular complexity index is 741. The summed E-state index contributed by atoms with van der Waals surface area (Å²) in [4.78, 5) is 7.12. The van der Waals surface area contributed by atoms with Gasteiger partial charge in [0, 0.05) is 50.1 Å². The van der Waals surface area contributed by atoms with E-state index in [2.05, 4.69) is 22.2 Å². The molecule has 2 aromatic rings. The number of nitrogens with zero attached hydrogens (tertiary/aromatic N) is 4. The van der Waals surface area contributed by atoms with E-state index < -0.39 is 0 Å². The normalized spacial score (nSPS) is 16.7. The predicted molar refractivity (Wildman–Crippen MR) is 115 cm³/mol. The highest BCUT2D eigenvalue weighted by molar-refractivity contribution is 5.53. The van der Waals surface area contributed by atoms with Gasteiger partial charge in [-0.3, -0.25) is 0 Å². The molecule has 0 radical (unpaired) electrons. The van der Waals surface area contributed by atoms with E-state index in [1.54, 1.807) is 6.20 Å². The molecule has 0 saturated carbocycles. The van der Waals surface area contributed by atoms with Gasteiger partial charge in [0.15, 0.2) is 5.65 Å². The fraction of sp³-hybridized carbons (Fsp3) is 0.714. The average molecular weight is 422 g/mol. The number of aryl methyl sites for hydroxylation is 1. The van der Waals surface area contributed by atoms with E-state index >= 15 is 0 Å². The molecule has 0 unspecified atom stereocenters. The molecule has 30 heavy (non-hydrogen) atoms. The Hall–Kier alpha value is -1.78. The molecule has 0 aliphatic carbocycles. The summed E-state index contributed by atoms with van der Waals surface area (Å²) in [6.45, 7) is 11.9. The molecule has 1 saturated heterocycles. The van der Waals surface area contributed by atoms with Crippen molar-refractivity contribution in [3.05, 3.63) is 24.0 Å². The molecule has 1 fully saturated rings. The van der Waals surface area contributed by atoms with Crippen LogP contribution in [0.1, 0.15) is 18.9 Å². The van der Waals surface area contributed by atoms with E-state index in [1.807, 2.05) is 23.7 Å². The summed E-state index contributed by atoms with van der Waals surface area (Å²) >= 11 is 0. The van der Waals surface area contributed by atoms with Crippen molar-refractivity contribution in [3.8, 4) is 0 Å². The summed E-state index contributed by atoms with van der Waals surface area (Å²) in [5.74, 6) is 1.06. The molecule has 0 spiro atoms. The monoisotopic (exact) mass is 421 g/mol. The van der Waals surface area contributed by atoms with Gasteiger partial charge in [-0.05, 0) is 20.3 Å². The number of ether oxygens (including phenoxy) is 4. The number of hydrogen-bond donors (Lipinski definition) is 1. The van der Waals surface area contributed by atoms with Crippen molar-refractivity contribution >= 4 is 11.5 Å². The van der Waals surface area contributed by atoms with E-state index in [1.165, 1.54) is 0 Å². The van der Waals surface area contributed by atoms with Crippen molar-refractivity contribution in [2.75, 3.05) is 77.4 Å². The molecule has 3 rings (SSSR count). The van der Waals surface area contributed by atoms with E-state index in [4.69, 9.17) is 23.9 Å². The first-order chi connectivity index (χ1) is 14.8. The molecule has 3 heterocycles. The minimum absolute atomic E-state index is 0.459. The highest BCUT2D eigenvalue weighted by Gasteiger charge is 2.24. The lowest BCUT2D eigenvalue weighted by atomic mass is 10.2. The van der Waals surface area contributed by atoms with Gasteiger partial charge in [-0.1, -0.05) is 0 Å². The van der Waals surface area contributed by atoms with Gasteiger partial charge in [0.05, 0.1) is 52.4 Å². The predicted octanol–water partition coefficient (Wildman–Crippen LogP) is 1.29. The van der Waals surface area contributed by atoms with Crippen molar-refractivity contribution < 1.29 is 18.9 Å². The maximum atomic E-state index is 5.64. The Morgan fingerprint density at radius 2 is 1.73 bits per heavy atom. The summed E-state index contributed by atoms with van der Waals surface area (Å²) in [5.41, 5.74) is 2.04. The first kappa shape index (κ1) is 22.9. The molecule has 1 N–H and O–H groups in total. The molecular formula is C21H35N5O4. The fourth-order valence-corrected chi connectivity index (χ4v) is 3.51. The van der Waals surface area contributed by atoms with E-state index in [-0.39, 0.29) is 0 Å². The lowest BCUT2D eigenvalue weighted by Gasteiger charge is -2.20. The molecule has 9 heteroatoms. The quantitative estimate of drug-likeness (QED) is 0.431. The zero-order valence-corrected chi connectivity index (χ0v) is 18.2. The smallest absolute Gasteiger partial charge is 0.157 e. The second kappa shape index (κ2) is 12.8. The highest BCUT2D eigenvalue weighted by Crippen LogP contribution is 2.22. The third kappa shape index (κ3) is 7.17. The number of anilines is 1. The molecule has 1 atom stereocenters. The van der Waals surface area contributed by atoms with E-state index in [0.29, 0.717) is 52.3 Å². The Morgan fingerprint density at radius 3 is 2.47 bits per heavy atom. The van der Waals surface area contributed by atoms with Gasteiger partial charge >= 0.3 is 0 Å². The second-order valence-electron chi connectivity index (χ2n) is 7.30. The lowest BCUT2D eigenvalue weighted by Crippen LogP contribution is -2.35. The topological polar surface area (TPSA) is 82.4 Å². The third-order valence-corrected chi connectivity index (χ3v) is 5.03. The Balaban J connectivity index is 1.20. The van der Waals surface area contributed by atoms with Crippen molar-refractivity contribution in [2.24, 2.45) is 0 Å². The first-order valence-electron chi connectivity index (χ1n) is 10.9. The second-order valence-corrected chi connectivity index (χ2v) is 7.30. The standard InChI is InChI=1S/C21H35N5O4/c1-3-27-10-11-29-14-15-30-13-12-28-9-7-22-19-5-8-25(17-19)21-18(2)16-26-20(24-21)4-6-23-26/h4,6,16,19,22H,3,5,7-15,17H2,1-2H3/t19-/m0/s1.